The normalized spacial score (nSPS) is 9.65. The van der Waals surface area contributed by atoms with Gasteiger partial charge in [0.2, 0.25) is 0 Å². The zero-order chi connectivity index (χ0) is 12.1. The van der Waals surface area contributed by atoms with Crippen LogP contribution in [0.1, 0.15) is 11.1 Å². The lowest BCUT2D eigenvalue weighted by Crippen LogP contribution is -2.00. The number of hydrogen-bond donors (Lipinski definition) is 1. The minimum absolute atomic E-state index is 0.557. The van der Waals surface area contributed by atoms with Crippen LogP contribution in [0.5, 0.6) is 0 Å². The molecule has 2 rings (SSSR count). The van der Waals surface area contributed by atoms with Crippen LogP contribution in [0.2, 0.25) is 5.02 Å². The molecule has 1 aromatic heterocycles. The molecule has 84 valence electrons. The molecule has 0 bridgehead atoms. The second kappa shape index (κ2) is 5.33. The highest BCUT2D eigenvalue weighted by molar-refractivity contribution is 6.30. The zero-order valence-electron chi connectivity index (χ0n) is 9.02. The van der Waals surface area contributed by atoms with E-state index < -0.39 is 0 Å². The highest BCUT2D eigenvalue weighted by atomic mass is 35.5. The van der Waals surface area contributed by atoms with Gasteiger partial charge < -0.3 is 5.32 Å². The van der Waals surface area contributed by atoms with Crippen molar-refractivity contribution in [2.75, 3.05) is 5.32 Å². The highest BCUT2D eigenvalue weighted by Gasteiger charge is 1.96. The average molecular weight is 244 g/mol. The number of rotatable bonds is 3. The second-order valence-electron chi connectivity index (χ2n) is 3.52. The van der Waals surface area contributed by atoms with E-state index in [4.69, 9.17) is 16.9 Å². The number of pyridine rings is 1. The molecule has 0 spiro atoms. The quantitative estimate of drug-likeness (QED) is 0.901. The van der Waals surface area contributed by atoms with Gasteiger partial charge in [-0.05, 0) is 29.8 Å². The summed E-state index contributed by atoms with van der Waals surface area (Å²) in [5.41, 5.74) is 1.68. The van der Waals surface area contributed by atoms with Crippen LogP contribution >= 0.6 is 11.6 Å². The molecule has 0 aliphatic heterocycles. The summed E-state index contributed by atoms with van der Waals surface area (Å²) in [5.74, 6) is 0.749. The van der Waals surface area contributed by atoms with Crippen molar-refractivity contribution in [3.63, 3.8) is 0 Å². The molecule has 1 heterocycles. The molecule has 0 aliphatic carbocycles. The van der Waals surface area contributed by atoms with Crippen LogP contribution in [0, 0.1) is 11.3 Å². The summed E-state index contributed by atoms with van der Waals surface area (Å²) >= 11 is 5.80. The Hall–Kier alpha value is -2.05. The van der Waals surface area contributed by atoms with Crippen molar-refractivity contribution in [2.45, 2.75) is 6.54 Å². The molecular formula is C13H10ClN3. The first-order chi connectivity index (χ1) is 8.28. The monoisotopic (exact) mass is 243 g/mol. The number of nitriles is 1. The molecule has 2 aromatic rings. The Morgan fingerprint density at radius 3 is 2.53 bits per heavy atom. The lowest BCUT2D eigenvalue weighted by atomic mass is 10.2. The summed E-state index contributed by atoms with van der Waals surface area (Å²) in [6, 6.07) is 13.2. The first-order valence-corrected chi connectivity index (χ1v) is 5.50. The first kappa shape index (κ1) is 11.4. The van der Waals surface area contributed by atoms with Gasteiger partial charge in [0, 0.05) is 17.8 Å². The highest BCUT2D eigenvalue weighted by Crippen LogP contribution is 2.11. The van der Waals surface area contributed by atoms with Crippen molar-refractivity contribution < 1.29 is 0 Å². The van der Waals surface area contributed by atoms with Gasteiger partial charge in [0.25, 0.3) is 0 Å². The SMILES string of the molecule is N#Cc1ccc(NCc2ccc(Cl)cc2)nc1. The Morgan fingerprint density at radius 1 is 1.18 bits per heavy atom. The van der Waals surface area contributed by atoms with Crippen LogP contribution in [0.4, 0.5) is 5.82 Å². The maximum absolute atomic E-state index is 8.64. The number of anilines is 1. The van der Waals surface area contributed by atoms with Gasteiger partial charge in [0.15, 0.2) is 0 Å². The third kappa shape index (κ3) is 3.20. The predicted molar refractivity (Wildman–Crippen MR) is 67.7 cm³/mol. The van der Waals surface area contributed by atoms with E-state index in [9.17, 15) is 0 Å². The van der Waals surface area contributed by atoms with E-state index >= 15 is 0 Å². The fourth-order valence-corrected chi connectivity index (χ4v) is 1.49. The molecule has 1 N–H and O–H groups in total. The van der Waals surface area contributed by atoms with Gasteiger partial charge in [-0.25, -0.2) is 4.98 Å². The van der Waals surface area contributed by atoms with Crippen LogP contribution in [0.25, 0.3) is 0 Å². The van der Waals surface area contributed by atoms with Crippen LogP contribution in [0.3, 0.4) is 0 Å². The van der Waals surface area contributed by atoms with E-state index in [-0.39, 0.29) is 0 Å². The van der Waals surface area contributed by atoms with E-state index in [0.29, 0.717) is 12.1 Å². The predicted octanol–water partition coefficient (Wildman–Crippen LogP) is 3.22. The Kier molecular flexibility index (Phi) is 3.59. The van der Waals surface area contributed by atoms with Gasteiger partial charge in [-0.1, -0.05) is 23.7 Å². The fraction of sp³-hybridized carbons (Fsp3) is 0.0769. The lowest BCUT2D eigenvalue weighted by Gasteiger charge is -2.05. The van der Waals surface area contributed by atoms with Crippen molar-refractivity contribution in [1.82, 2.24) is 4.98 Å². The Balaban J connectivity index is 1.98. The molecule has 0 saturated carbocycles. The largest absolute Gasteiger partial charge is 0.366 e. The van der Waals surface area contributed by atoms with Gasteiger partial charge in [-0.3, -0.25) is 0 Å². The Bertz CT molecular complexity index is 526. The summed E-state index contributed by atoms with van der Waals surface area (Å²) in [7, 11) is 0. The molecule has 0 atom stereocenters. The van der Waals surface area contributed by atoms with E-state index in [1.807, 2.05) is 30.3 Å². The van der Waals surface area contributed by atoms with E-state index in [0.717, 1.165) is 16.4 Å². The average Bonchev–Trinajstić information content (AvgIpc) is 2.39. The lowest BCUT2D eigenvalue weighted by molar-refractivity contribution is 1.11. The van der Waals surface area contributed by atoms with Gasteiger partial charge >= 0.3 is 0 Å². The first-order valence-electron chi connectivity index (χ1n) is 5.12. The van der Waals surface area contributed by atoms with Crippen LogP contribution in [-0.2, 0) is 6.54 Å². The summed E-state index contributed by atoms with van der Waals surface area (Å²) in [5, 5.41) is 12.5. The smallest absolute Gasteiger partial charge is 0.126 e. The van der Waals surface area contributed by atoms with Crippen LogP contribution in [0.15, 0.2) is 42.6 Å². The zero-order valence-corrected chi connectivity index (χ0v) is 9.78. The summed E-state index contributed by atoms with van der Waals surface area (Å²) in [6.07, 6.45) is 1.55. The van der Waals surface area contributed by atoms with E-state index in [1.165, 1.54) is 0 Å². The minimum atomic E-state index is 0.557. The molecule has 17 heavy (non-hydrogen) atoms. The van der Waals surface area contributed by atoms with E-state index in [1.54, 1.807) is 18.3 Å². The standard InChI is InChI=1S/C13H10ClN3/c14-12-4-1-10(2-5-12)8-16-13-6-3-11(7-15)9-17-13/h1-6,9H,8H2,(H,16,17). The molecule has 3 nitrogen and oxygen atoms in total. The van der Waals surface area contributed by atoms with Crippen molar-refractivity contribution in [2.24, 2.45) is 0 Å². The van der Waals surface area contributed by atoms with Gasteiger partial charge in [0.05, 0.1) is 5.56 Å². The number of nitrogens with one attached hydrogen (secondary N) is 1. The summed E-state index contributed by atoms with van der Waals surface area (Å²) in [4.78, 5) is 4.12. The third-order valence-electron chi connectivity index (χ3n) is 2.28. The third-order valence-corrected chi connectivity index (χ3v) is 2.53. The fourth-order valence-electron chi connectivity index (χ4n) is 1.36. The number of halogens is 1. The van der Waals surface area contributed by atoms with Crippen LogP contribution < -0.4 is 5.32 Å². The van der Waals surface area contributed by atoms with E-state index in [2.05, 4.69) is 10.3 Å². The maximum Gasteiger partial charge on any atom is 0.126 e. The van der Waals surface area contributed by atoms with Crippen molar-refractivity contribution in [3.05, 3.63) is 58.7 Å². The topological polar surface area (TPSA) is 48.7 Å². The molecule has 4 heteroatoms. The van der Waals surface area contributed by atoms with Crippen molar-refractivity contribution >= 4 is 17.4 Å². The number of hydrogen-bond acceptors (Lipinski definition) is 3. The minimum Gasteiger partial charge on any atom is -0.366 e. The Morgan fingerprint density at radius 2 is 1.94 bits per heavy atom. The Labute approximate surface area is 105 Å². The van der Waals surface area contributed by atoms with Gasteiger partial charge in [-0.15, -0.1) is 0 Å². The summed E-state index contributed by atoms with van der Waals surface area (Å²) in [6.45, 7) is 0.677. The maximum atomic E-state index is 8.64. The molecule has 0 radical (unpaired) electrons. The molecule has 0 unspecified atom stereocenters. The van der Waals surface area contributed by atoms with Gasteiger partial charge in [0.1, 0.15) is 11.9 Å². The number of nitrogens with zero attached hydrogens (tertiary/aromatic N) is 2. The van der Waals surface area contributed by atoms with Crippen molar-refractivity contribution in [3.8, 4) is 6.07 Å². The number of benzene rings is 1. The van der Waals surface area contributed by atoms with Crippen molar-refractivity contribution in [1.29, 1.82) is 5.26 Å². The van der Waals surface area contributed by atoms with Gasteiger partial charge in [-0.2, -0.15) is 5.26 Å². The molecule has 1 aromatic carbocycles. The second-order valence-corrected chi connectivity index (χ2v) is 3.96. The molecule has 0 amide bonds. The molecule has 0 fully saturated rings. The van der Waals surface area contributed by atoms with Crippen LogP contribution in [-0.4, -0.2) is 4.98 Å². The number of aromatic nitrogens is 1. The molecule has 0 saturated heterocycles. The molecule has 0 aliphatic rings. The summed E-state index contributed by atoms with van der Waals surface area (Å²) < 4.78 is 0. The molecular weight excluding hydrogens is 234 g/mol.